The van der Waals surface area contributed by atoms with Gasteiger partial charge in [0.15, 0.2) is 0 Å². The summed E-state index contributed by atoms with van der Waals surface area (Å²) >= 11 is 3.56. The third-order valence-electron chi connectivity index (χ3n) is 4.53. The quantitative estimate of drug-likeness (QED) is 0.745. The predicted octanol–water partition coefficient (Wildman–Crippen LogP) is 4.11. The standard InChI is InChI=1S/C17H24BrNO/c1-3-13(2)15(14-7-5-4-6-8-14)16(20)19-12-17(11-18)9-10-17/h4-8,13,15H,3,9-12H2,1-2H3,(H,19,20). The summed E-state index contributed by atoms with van der Waals surface area (Å²) in [4.78, 5) is 12.6. The van der Waals surface area contributed by atoms with Gasteiger partial charge in [0.2, 0.25) is 5.91 Å². The molecule has 110 valence electrons. The van der Waals surface area contributed by atoms with Gasteiger partial charge in [-0.25, -0.2) is 0 Å². The second kappa shape index (κ2) is 6.75. The van der Waals surface area contributed by atoms with Gasteiger partial charge in [-0.05, 0) is 29.7 Å². The van der Waals surface area contributed by atoms with Crippen LogP contribution in [0, 0.1) is 11.3 Å². The van der Waals surface area contributed by atoms with Gasteiger partial charge >= 0.3 is 0 Å². The van der Waals surface area contributed by atoms with Crippen molar-refractivity contribution < 1.29 is 4.79 Å². The molecule has 0 radical (unpaired) electrons. The van der Waals surface area contributed by atoms with E-state index in [1.54, 1.807) is 0 Å². The molecule has 0 aliphatic heterocycles. The number of nitrogens with one attached hydrogen (secondary N) is 1. The predicted molar refractivity (Wildman–Crippen MR) is 87.1 cm³/mol. The van der Waals surface area contributed by atoms with Gasteiger partial charge in [-0.1, -0.05) is 66.5 Å². The first-order valence-corrected chi connectivity index (χ1v) is 8.62. The van der Waals surface area contributed by atoms with E-state index in [0.29, 0.717) is 11.3 Å². The maximum Gasteiger partial charge on any atom is 0.227 e. The monoisotopic (exact) mass is 337 g/mol. The van der Waals surface area contributed by atoms with Gasteiger partial charge in [-0.3, -0.25) is 4.79 Å². The molecule has 1 aliphatic rings. The molecule has 0 bridgehead atoms. The molecule has 0 saturated heterocycles. The van der Waals surface area contributed by atoms with Crippen LogP contribution in [-0.4, -0.2) is 17.8 Å². The molecule has 1 aliphatic carbocycles. The van der Waals surface area contributed by atoms with E-state index in [4.69, 9.17) is 0 Å². The molecule has 2 nitrogen and oxygen atoms in total. The molecule has 1 saturated carbocycles. The largest absolute Gasteiger partial charge is 0.355 e. The first kappa shape index (κ1) is 15.6. The molecule has 20 heavy (non-hydrogen) atoms. The molecule has 3 heteroatoms. The minimum atomic E-state index is -0.0349. The van der Waals surface area contributed by atoms with Crippen molar-refractivity contribution in [2.24, 2.45) is 11.3 Å². The minimum Gasteiger partial charge on any atom is -0.355 e. The van der Waals surface area contributed by atoms with Gasteiger partial charge in [0, 0.05) is 11.9 Å². The van der Waals surface area contributed by atoms with E-state index >= 15 is 0 Å². The fourth-order valence-electron chi connectivity index (χ4n) is 2.55. The van der Waals surface area contributed by atoms with Crippen LogP contribution in [0.2, 0.25) is 0 Å². The Morgan fingerprint density at radius 1 is 1.35 bits per heavy atom. The molecule has 0 spiro atoms. The van der Waals surface area contributed by atoms with Crippen molar-refractivity contribution in [3.63, 3.8) is 0 Å². The molecule has 0 aromatic heterocycles. The normalized spacial score (nSPS) is 19.1. The highest BCUT2D eigenvalue weighted by Crippen LogP contribution is 2.46. The number of alkyl halides is 1. The van der Waals surface area contributed by atoms with Gasteiger partial charge in [-0.15, -0.1) is 0 Å². The lowest BCUT2D eigenvalue weighted by Crippen LogP contribution is -2.36. The van der Waals surface area contributed by atoms with E-state index in [1.165, 1.54) is 12.8 Å². The number of halogens is 1. The molecule has 2 unspecified atom stereocenters. The maximum absolute atomic E-state index is 12.6. The summed E-state index contributed by atoms with van der Waals surface area (Å²) in [5.41, 5.74) is 1.45. The second-order valence-electron chi connectivity index (χ2n) is 6.13. The molecule has 2 rings (SSSR count). The Morgan fingerprint density at radius 3 is 2.50 bits per heavy atom. The van der Waals surface area contributed by atoms with Crippen molar-refractivity contribution in [3.05, 3.63) is 35.9 Å². The summed E-state index contributed by atoms with van der Waals surface area (Å²) in [5, 5.41) is 4.17. The van der Waals surface area contributed by atoms with E-state index in [2.05, 4.69) is 47.2 Å². The SMILES string of the molecule is CCC(C)C(C(=O)NCC1(CBr)CC1)c1ccccc1. The van der Waals surface area contributed by atoms with Gasteiger partial charge < -0.3 is 5.32 Å². The van der Waals surface area contributed by atoms with E-state index in [-0.39, 0.29) is 11.8 Å². The van der Waals surface area contributed by atoms with Gasteiger partial charge in [0.25, 0.3) is 0 Å². The summed E-state index contributed by atoms with van der Waals surface area (Å²) in [6.45, 7) is 5.11. The lowest BCUT2D eigenvalue weighted by atomic mass is 9.85. The van der Waals surface area contributed by atoms with Crippen LogP contribution < -0.4 is 5.32 Å². The van der Waals surface area contributed by atoms with Crippen molar-refractivity contribution >= 4 is 21.8 Å². The van der Waals surface area contributed by atoms with Crippen LogP contribution in [0.5, 0.6) is 0 Å². The summed E-state index contributed by atoms with van der Waals surface area (Å²) in [5.74, 6) is 0.502. The van der Waals surface area contributed by atoms with Crippen molar-refractivity contribution in [2.75, 3.05) is 11.9 Å². The van der Waals surface area contributed by atoms with Crippen LogP contribution in [0.15, 0.2) is 30.3 Å². The number of carbonyl (C=O) groups is 1. The summed E-state index contributed by atoms with van der Waals surface area (Å²) in [6, 6.07) is 10.2. The number of carbonyl (C=O) groups excluding carboxylic acids is 1. The minimum absolute atomic E-state index is 0.0349. The van der Waals surface area contributed by atoms with Crippen molar-refractivity contribution in [1.29, 1.82) is 0 Å². The smallest absolute Gasteiger partial charge is 0.227 e. The van der Waals surface area contributed by atoms with Crippen molar-refractivity contribution in [3.8, 4) is 0 Å². The highest BCUT2D eigenvalue weighted by Gasteiger charge is 2.42. The summed E-state index contributed by atoms with van der Waals surface area (Å²) in [6.07, 6.45) is 3.45. The molecular weight excluding hydrogens is 314 g/mol. The first-order chi connectivity index (χ1) is 9.62. The molecule has 0 heterocycles. The first-order valence-electron chi connectivity index (χ1n) is 7.50. The number of rotatable bonds is 7. The molecule has 1 amide bonds. The van der Waals surface area contributed by atoms with E-state index in [0.717, 1.165) is 23.9 Å². The Balaban J connectivity index is 2.05. The number of benzene rings is 1. The van der Waals surface area contributed by atoms with Crippen LogP contribution in [0.1, 0.15) is 44.6 Å². The average Bonchev–Trinajstić information content (AvgIpc) is 3.27. The fraction of sp³-hybridized carbons (Fsp3) is 0.588. The van der Waals surface area contributed by atoms with Crippen LogP contribution in [0.25, 0.3) is 0 Å². The van der Waals surface area contributed by atoms with Gasteiger partial charge in [0.05, 0.1) is 5.92 Å². The van der Waals surface area contributed by atoms with Crippen molar-refractivity contribution in [1.82, 2.24) is 5.32 Å². The van der Waals surface area contributed by atoms with Crippen LogP contribution in [0.3, 0.4) is 0 Å². The van der Waals surface area contributed by atoms with Gasteiger partial charge in [0.1, 0.15) is 0 Å². The maximum atomic E-state index is 12.6. The fourth-order valence-corrected chi connectivity index (χ4v) is 3.31. The van der Waals surface area contributed by atoms with E-state index in [9.17, 15) is 4.79 Å². The number of amides is 1. The lowest BCUT2D eigenvalue weighted by Gasteiger charge is -2.24. The Kier molecular flexibility index (Phi) is 5.25. The molecule has 2 atom stereocenters. The molecule has 1 fully saturated rings. The van der Waals surface area contributed by atoms with Crippen LogP contribution in [-0.2, 0) is 4.79 Å². The summed E-state index contributed by atoms with van der Waals surface area (Å²) in [7, 11) is 0. The summed E-state index contributed by atoms with van der Waals surface area (Å²) < 4.78 is 0. The third kappa shape index (κ3) is 3.63. The van der Waals surface area contributed by atoms with Gasteiger partial charge in [-0.2, -0.15) is 0 Å². The Labute approximate surface area is 130 Å². The molecular formula is C17H24BrNO. The second-order valence-corrected chi connectivity index (χ2v) is 6.69. The van der Waals surface area contributed by atoms with E-state index < -0.39 is 0 Å². The van der Waals surface area contributed by atoms with E-state index in [1.807, 2.05) is 18.2 Å². The van der Waals surface area contributed by atoms with Crippen LogP contribution in [0.4, 0.5) is 0 Å². The molecule has 1 N–H and O–H groups in total. The Hall–Kier alpha value is -0.830. The lowest BCUT2D eigenvalue weighted by molar-refractivity contribution is -0.123. The van der Waals surface area contributed by atoms with Crippen molar-refractivity contribution in [2.45, 2.75) is 39.0 Å². The highest BCUT2D eigenvalue weighted by atomic mass is 79.9. The zero-order valence-electron chi connectivity index (χ0n) is 12.4. The topological polar surface area (TPSA) is 29.1 Å². The third-order valence-corrected chi connectivity index (χ3v) is 5.72. The number of hydrogen-bond acceptors (Lipinski definition) is 1. The highest BCUT2D eigenvalue weighted by molar-refractivity contribution is 9.09. The zero-order valence-corrected chi connectivity index (χ0v) is 13.9. The average molecular weight is 338 g/mol. The number of hydrogen-bond donors (Lipinski definition) is 1. The van der Waals surface area contributed by atoms with Crippen LogP contribution >= 0.6 is 15.9 Å². The Bertz CT molecular complexity index is 442. The molecule has 1 aromatic carbocycles. The zero-order chi connectivity index (χ0) is 14.6. The molecule has 1 aromatic rings. The Morgan fingerprint density at radius 2 is 2.00 bits per heavy atom.